The van der Waals surface area contributed by atoms with Crippen LogP contribution in [0.4, 0.5) is 11.4 Å². The van der Waals surface area contributed by atoms with Gasteiger partial charge in [-0.15, -0.1) is 0 Å². The van der Waals surface area contributed by atoms with Crippen LogP contribution in [0.5, 0.6) is 0 Å². The predicted octanol–water partition coefficient (Wildman–Crippen LogP) is 4.04. The third kappa shape index (κ3) is 3.13. The van der Waals surface area contributed by atoms with E-state index >= 15 is 0 Å². The first kappa shape index (κ1) is 18.1. The van der Waals surface area contributed by atoms with Gasteiger partial charge >= 0.3 is 0 Å². The summed E-state index contributed by atoms with van der Waals surface area (Å²) in [5, 5.41) is 0.538. The molecule has 1 amide bonds. The summed E-state index contributed by atoms with van der Waals surface area (Å²) < 4.78 is 26.4. The highest BCUT2D eigenvalue weighted by atomic mass is 35.5. The molecule has 2 aliphatic rings. The van der Waals surface area contributed by atoms with Crippen molar-refractivity contribution in [2.45, 2.75) is 24.7 Å². The minimum absolute atomic E-state index is 0.137. The van der Waals surface area contributed by atoms with Crippen molar-refractivity contribution in [2.24, 2.45) is 0 Å². The van der Waals surface area contributed by atoms with Gasteiger partial charge in [-0.3, -0.25) is 4.79 Å². The normalized spacial score (nSPS) is 18.2. The zero-order valence-corrected chi connectivity index (χ0v) is 16.4. The molecule has 1 fully saturated rings. The Balaban J connectivity index is 1.91. The molecular formula is C20H19ClN2O3S. The molecule has 140 valence electrons. The highest BCUT2D eigenvalue weighted by Gasteiger charge is 2.38. The van der Waals surface area contributed by atoms with Gasteiger partial charge in [-0.05, 0) is 55.7 Å². The second kappa shape index (κ2) is 6.69. The maximum atomic E-state index is 13.2. The van der Waals surface area contributed by atoms with Gasteiger partial charge in [-0.25, -0.2) is 8.42 Å². The molecule has 2 aliphatic heterocycles. The number of nitrogens with zero attached hydrogens (tertiary/aromatic N) is 2. The number of fused-ring (bicyclic) bond motifs is 1. The summed E-state index contributed by atoms with van der Waals surface area (Å²) in [5.74, 6) is -0.439. The van der Waals surface area contributed by atoms with Crippen molar-refractivity contribution in [1.29, 1.82) is 0 Å². The van der Waals surface area contributed by atoms with Crippen LogP contribution in [0.25, 0.3) is 0 Å². The van der Waals surface area contributed by atoms with Crippen molar-refractivity contribution >= 4 is 38.7 Å². The van der Waals surface area contributed by atoms with Crippen molar-refractivity contribution in [3.05, 3.63) is 64.2 Å². The van der Waals surface area contributed by atoms with Crippen LogP contribution in [0.2, 0.25) is 5.02 Å². The fraction of sp³-hybridized carbons (Fsp3) is 0.250. The Morgan fingerprint density at radius 1 is 1.07 bits per heavy atom. The summed E-state index contributed by atoms with van der Waals surface area (Å²) in [6.07, 6.45) is 3.23. The highest BCUT2D eigenvalue weighted by Crippen LogP contribution is 2.41. The van der Waals surface area contributed by atoms with Gasteiger partial charge in [0.2, 0.25) is 9.84 Å². The smallest absolute Gasteiger partial charge is 0.267 e. The number of hydrogen-bond acceptors (Lipinski definition) is 4. The molecule has 2 aromatic carbocycles. The monoisotopic (exact) mass is 402 g/mol. The lowest BCUT2D eigenvalue weighted by molar-refractivity contribution is -0.125. The van der Waals surface area contributed by atoms with Crippen LogP contribution in [0.3, 0.4) is 0 Å². The molecule has 0 aromatic heterocycles. The summed E-state index contributed by atoms with van der Waals surface area (Å²) >= 11 is 6.14. The van der Waals surface area contributed by atoms with E-state index in [0.29, 0.717) is 29.5 Å². The summed E-state index contributed by atoms with van der Waals surface area (Å²) in [6, 6.07) is 12.3. The van der Waals surface area contributed by atoms with Crippen LogP contribution in [-0.2, 0) is 14.6 Å². The average Bonchev–Trinajstić information content (AvgIpc) is 3.15. The first-order chi connectivity index (χ1) is 12.9. The Hall–Kier alpha value is -2.31. The number of hydrogen-bond donors (Lipinski definition) is 0. The minimum Gasteiger partial charge on any atom is -0.338 e. The van der Waals surface area contributed by atoms with E-state index in [1.807, 2.05) is 13.0 Å². The lowest BCUT2D eigenvalue weighted by atomic mass is 10.2. The van der Waals surface area contributed by atoms with Gasteiger partial charge in [-0.1, -0.05) is 23.7 Å². The fourth-order valence-electron chi connectivity index (χ4n) is 3.50. The SMILES string of the molecule is Cc1ccc2c(c1)N(c1cccc(Cl)c1)C=C(C(=O)N1CCCC1)S2(=O)=O. The van der Waals surface area contributed by atoms with E-state index in [0.717, 1.165) is 18.4 Å². The number of anilines is 2. The third-order valence-electron chi connectivity index (χ3n) is 4.89. The van der Waals surface area contributed by atoms with Crippen molar-refractivity contribution in [3.8, 4) is 0 Å². The number of carbonyl (C=O) groups excluding carboxylic acids is 1. The van der Waals surface area contributed by atoms with Gasteiger partial charge in [0.1, 0.15) is 0 Å². The Kier molecular flexibility index (Phi) is 4.48. The van der Waals surface area contributed by atoms with Gasteiger partial charge in [0.05, 0.1) is 10.6 Å². The maximum Gasteiger partial charge on any atom is 0.267 e. The highest BCUT2D eigenvalue weighted by molar-refractivity contribution is 7.96. The molecule has 1 saturated heterocycles. The molecule has 0 aliphatic carbocycles. The van der Waals surface area contributed by atoms with Crippen LogP contribution in [0.1, 0.15) is 18.4 Å². The number of benzene rings is 2. The molecule has 0 saturated carbocycles. The zero-order valence-electron chi connectivity index (χ0n) is 14.9. The molecule has 0 radical (unpaired) electrons. The van der Waals surface area contributed by atoms with Gasteiger partial charge < -0.3 is 9.80 Å². The first-order valence-corrected chi connectivity index (χ1v) is 10.7. The molecule has 5 nitrogen and oxygen atoms in total. The Morgan fingerprint density at radius 3 is 2.52 bits per heavy atom. The van der Waals surface area contributed by atoms with Crippen molar-refractivity contribution in [3.63, 3.8) is 0 Å². The quantitative estimate of drug-likeness (QED) is 0.760. The lowest BCUT2D eigenvalue weighted by Gasteiger charge is -2.30. The average molecular weight is 403 g/mol. The molecule has 27 heavy (non-hydrogen) atoms. The Bertz CT molecular complexity index is 1060. The van der Waals surface area contributed by atoms with E-state index in [-0.39, 0.29) is 9.80 Å². The summed E-state index contributed by atoms with van der Waals surface area (Å²) in [4.78, 5) is 16.3. The fourth-order valence-corrected chi connectivity index (χ4v) is 5.21. The maximum absolute atomic E-state index is 13.2. The molecule has 4 rings (SSSR count). The molecule has 2 aromatic rings. The molecule has 0 bridgehead atoms. The summed E-state index contributed by atoms with van der Waals surface area (Å²) in [7, 11) is -3.89. The molecule has 2 heterocycles. The number of carbonyl (C=O) groups is 1. The van der Waals surface area contributed by atoms with Crippen molar-refractivity contribution < 1.29 is 13.2 Å². The summed E-state index contributed by atoms with van der Waals surface area (Å²) in [5.41, 5.74) is 2.16. The van der Waals surface area contributed by atoms with Crippen molar-refractivity contribution in [1.82, 2.24) is 4.90 Å². The predicted molar refractivity (Wildman–Crippen MR) is 106 cm³/mol. The van der Waals surface area contributed by atoms with Crippen LogP contribution in [0, 0.1) is 6.92 Å². The van der Waals surface area contributed by atoms with Gasteiger partial charge in [0.25, 0.3) is 5.91 Å². The number of sulfone groups is 1. The lowest BCUT2D eigenvalue weighted by Crippen LogP contribution is -2.35. The van der Waals surface area contributed by atoms with Crippen LogP contribution in [0.15, 0.2) is 58.5 Å². The van der Waals surface area contributed by atoms with E-state index in [9.17, 15) is 13.2 Å². The van der Waals surface area contributed by atoms with E-state index in [2.05, 4.69) is 0 Å². The van der Waals surface area contributed by atoms with E-state index < -0.39 is 15.7 Å². The largest absolute Gasteiger partial charge is 0.338 e. The first-order valence-electron chi connectivity index (χ1n) is 8.79. The van der Waals surface area contributed by atoms with E-state index in [1.54, 1.807) is 46.2 Å². The van der Waals surface area contributed by atoms with E-state index in [4.69, 9.17) is 11.6 Å². The number of amides is 1. The summed E-state index contributed by atoms with van der Waals surface area (Å²) in [6.45, 7) is 3.07. The van der Waals surface area contributed by atoms with E-state index in [1.165, 1.54) is 6.20 Å². The zero-order chi connectivity index (χ0) is 19.2. The Labute approximate surface area is 163 Å². The van der Waals surface area contributed by atoms with Crippen LogP contribution in [-0.4, -0.2) is 32.3 Å². The number of halogens is 1. The molecule has 0 N–H and O–H groups in total. The number of rotatable bonds is 2. The van der Waals surface area contributed by atoms with Crippen LogP contribution < -0.4 is 4.90 Å². The third-order valence-corrected chi connectivity index (χ3v) is 6.91. The van der Waals surface area contributed by atoms with Crippen LogP contribution >= 0.6 is 11.6 Å². The second-order valence-corrected chi connectivity index (χ2v) is 9.14. The minimum atomic E-state index is -3.89. The van der Waals surface area contributed by atoms with Gasteiger partial charge in [-0.2, -0.15) is 0 Å². The molecular weight excluding hydrogens is 384 g/mol. The topological polar surface area (TPSA) is 57.7 Å². The van der Waals surface area contributed by atoms with Gasteiger partial charge in [0.15, 0.2) is 4.91 Å². The Morgan fingerprint density at radius 2 is 1.81 bits per heavy atom. The molecule has 0 spiro atoms. The number of likely N-dealkylation sites (tertiary alicyclic amines) is 1. The standard InChI is InChI=1S/C20H19ClN2O3S/c1-14-7-8-18-17(11-14)23(16-6-4-5-15(21)12-16)13-19(27(18,25)26)20(24)22-9-2-3-10-22/h4-8,11-13H,2-3,9-10H2,1H3. The molecule has 0 unspecified atom stereocenters. The number of aryl methyl sites for hydroxylation is 1. The molecule has 7 heteroatoms. The van der Waals surface area contributed by atoms with Crippen molar-refractivity contribution in [2.75, 3.05) is 18.0 Å². The second-order valence-electron chi connectivity index (χ2n) is 6.82. The molecule has 0 atom stereocenters. The van der Waals surface area contributed by atoms with Gasteiger partial charge in [0, 0.05) is 30.0 Å².